The maximum Gasteiger partial charge on any atom is 0.176 e. The summed E-state index contributed by atoms with van der Waals surface area (Å²) in [4.78, 5) is 9.89. The number of benzene rings is 1. The van der Waals surface area contributed by atoms with Gasteiger partial charge in [-0.05, 0) is 11.2 Å². The van der Waals surface area contributed by atoms with E-state index in [-0.39, 0.29) is 5.69 Å². The highest BCUT2D eigenvalue weighted by Gasteiger charge is 2.10. The average molecular weight is 168 g/mol. The Morgan fingerprint density at radius 2 is 2.08 bits per heavy atom. The van der Waals surface area contributed by atoms with E-state index in [0.29, 0.717) is 6.07 Å². The molecule has 1 aromatic carbocycles. The topological polar surface area (TPSA) is 53.2 Å². The summed E-state index contributed by atoms with van der Waals surface area (Å²) in [6.07, 6.45) is 0. The molecule has 1 rings (SSSR count). The van der Waals surface area contributed by atoms with Crippen LogP contribution in [0.15, 0.2) is 17.3 Å². The first-order valence-corrected chi connectivity index (χ1v) is 2.91. The third kappa shape index (κ3) is 1.27. The third-order valence-electron chi connectivity index (χ3n) is 1.24. The Morgan fingerprint density at radius 1 is 1.42 bits per heavy atom. The van der Waals surface area contributed by atoms with E-state index in [2.05, 4.69) is 5.18 Å². The smallest absolute Gasteiger partial charge is 0.176 e. The van der Waals surface area contributed by atoms with Gasteiger partial charge in [-0.3, -0.25) is 0 Å². The van der Waals surface area contributed by atoms with Gasteiger partial charge in [-0.25, -0.2) is 8.78 Å². The third-order valence-corrected chi connectivity index (χ3v) is 1.24. The minimum atomic E-state index is -1.26. The van der Waals surface area contributed by atoms with Crippen LogP contribution in [0, 0.1) is 27.9 Å². The maximum absolute atomic E-state index is 12.6. The molecule has 0 radical (unpaired) electrons. The summed E-state index contributed by atoms with van der Waals surface area (Å²) in [5.41, 5.74) is -0.824. The summed E-state index contributed by atoms with van der Waals surface area (Å²) in [6.45, 7) is 0. The molecule has 60 valence electrons. The monoisotopic (exact) mass is 168 g/mol. The van der Waals surface area contributed by atoms with Crippen LogP contribution in [0.2, 0.25) is 0 Å². The van der Waals surface area contributed by atoms with E-state index in [1.54, 1.807) is 0 Å². The molecule has 0 N–H and O–H groups in total. The number of nitrogens with zero attached hydrogens (tertiary/aromatic N) is 2. The standard InChI is InChI=1S/C7H2F2N2O/c8-6-2-5(11-12)1-4(3-10)7(6)9/h1-2H. The lowest BCUT2D eigenvalue weighted by Gasteiger charge is -1.94. The molecule has 0 fully saturated rings. The van der Waals surface area contributed by atoms with Crippen LogP contribution in [0.5, 0.6) is 0 Å². The molecule has 5 heteroatoms. The van der Waals surface area contributed by atoms with Crippen molar-refractivity contribution >= 4 is 5.69 Å². The molecule has 0 bridgehead atoms. The van der Waals surface area contributed by atoms with Crippen LogP contribution in [-0.4, -0.2) is 0 Å². The number of rotatable bonds is 1. The van der Waals surface area contributed by atoms with Crippen molar-refractivity contribution < 1.29 is 8.78 Å². The predicted octanol–water partition coefficient (Wildman–Crippen LogP) is 2.23. The minimum absolute atomic E-state index is 0.301. The van der Waals surface area contributed by atoms with E-state index in [1.165, 1.54) is 6.07 Å². The van der Waals surface area contributed by atoms with E-state index in [4.69, 9.17) is 5.26 Å². The quantitative estimate of drug-likeness (QED) is 0.603. The summed E-state index contributed by atoms with van der Waals surface area (Å²) in [7, 11) is 0. The summed E-state index contributed by atoms with van der Waals surface area (Å²) in [6, 6.07) is 2.91. The van der Waals surface area contributed by atoms with Gasteiger partial charge in [0.1, 0.15) is 11.8 Å². The summed E-state index contributed by atoms with van der Waals surface area (Å²) in [5.74, 6) is -2.51. The van der Waals surface area contributed by atoms with Gasteiger partial charge in [0.05, 0.1) is 5.56 Å². The fourth-order valence-corrected chi connectivity index (χ4v) is 0.709. The normalized spacial score (nSPS) is 9.08. The second-order valence-corrected chi connectivity index (χ2v) is 1.99. The molecule has 0 spiro atoms. The van der Waals surface area contributed by atoms with E-state index in [0.717, 1.165) is 6.07 Å². The van der Waals surface area contributed by atoms with E-state index >= 15 is 0 Å². The first-order chi connectivity index (χ1) is 5.69. The molecule has 0 atom stereocenters. The van der Waals surface area contributed by atoms with Crippen LogP contribution in [-0.2, 0) is 0 Å². The predicted molar refractivity (Wildman–Crippen MR) is 36.5 cm³/mol. The number of hydrogen-bond donors (Lipinski definition) is 0. The molecule has 0 aliphatic heterocycles. The zero-order valence-electron chi connectivity index (χ0n) is 5.71. The van der Waals surface area contributed by atoms with Gasteiger partial charge in [0.25, 0.3) is 0 Å². The summed E-state index contributed by atoms with van der Waals surface area (Å²) >= 11 is 0. The highest BCUT2D eigenvalue weighted by atomic mass is 19.2. The van der Waals surface area contributed by atoms with Crippen LogP contribution in [0.4, 0.5) is 14.5 Å². The second-order valence-electron chi connectivity index (χ2n) is 1.99. The van der Waals surface area contributed by atoms with Gasteiger partial charge in [0, 0.05) is 6.07 Å². The zero-order chi connectivity index (χ0) is 9.14. The lowest BCUT2D eigenvalue weighted by Crippen LogP contribution is -1.88. The van der Waals surface area contributed by atoms with Crippen molar-refractivity contribution in [1.29, 1.82) is 5.26 Å². The molecular weight excluding hydrogens is 166 g/mol. The Bertz CT molecular complexity index is 370. The van der Waals surface area contributed by atoms with E-state index < -0.39 is 17.2 Å². The molecule has 0 aromatic heterocycles. The summed E-state index contributed by atoms with van der Waals surface area (Å²) in [5, 5.41) is 10.6. The fraction of sp³-hybridized carbons (Fsp3) is 0. The number of nitriles is 1. The molecule has 0 saturated heterocycles. The average Bonchev–Trinajstić information content (AvgIpc) is 2.09. The number of nitroso groups, excluding NO2 is 1. The molecule has 0 aliphatic carbocycles. The molecule has 3 nitrogen and oxygen atoms in total. The zero-order valence-corrected chi connectivity index (χ0v) is 5.71. The van der Waals surface area contributed by atoms with Gasteiger partial charge in [-0.2, -0.15) is 5.26 Å². The van der Waals surface area contributed by atoms with E-state index in [9.17, 15) is 13.7 Å². The maximum atomic E-state index is 12.6. The molecule has 0 aliphatic rings. The SMILES string of the molecule is N#Cc1cc(N=O)cc(F)c1F. The molecular formula is C7H2F2N2O. The molecule has 0 saturated carbocycles. The van der Waals surface area contributed by atoms with Crippen LogP contribution in [0.25, 0.3) is 0 Å². The van der Waals surface area contributed by atoms with Crippen molar-refractivity contribution in [3.05, 3.63) is 34.2 Å². The van der Waals surface area contributed by atoms with Crippen molar-refractivity contribution in [3.8, 4) is 6.07 Å². The van der Waals surface area contributed by atoms with Crippen LogP contribution in [0.3, 0.4) is 0 Å². The molecule has 12 heavy (non-hydrogen) atoms. The molecule has 1 aromatic rings. The van der Waals surface area contributed by atoms with Gasteiger partial charge >= 0.3 is 0 Å². The molecule has 0 heterocycles. The molecule has 0 unspecified atom stereocenters. The van der Waals surface area contributed by atoms with Gasteiger partial charge in [0.15, 0.2) is 11.6 Å². The van der Waals surface area contributed by atoms with E-state index in [1.807, 2.05) is 0 Å². The first kappa shape index (κ1) is 8.27. The van der Waals surface area contributed by atoms with Crippen molar-refractivity contribution in [2.75, 3.05) is 0 Å². The number of hydrogen-bond acceptors (Lipinski definition) is 3. The molecule has 0 amide bonds. The lowest BCUT2D eigenvalue weighted by atomic mass is 10.2. The highest BCUT2D eigenvalue weighted by Crippen LogP contribution is 2.19. The van der Waals surface area contributed by atoms with Crippen molar-refractivity contribution in [1.82, 2.24) is 0 Å². The van der Waals surface area contributed by atoms with Crippen molar-refractivity contribution in [3.63, 3.8) is 0 Å². The fourth-order valence-electron chi connectivity index (χ4n) is 0.709. The Hall–Kier alpha value is -1.83. The van der Waals surface area contributed by atoms with Gasteiger partial charge < -0.3 is 0 Å². The summed E-state index contributed by atoms with van der Waals surface area (Å²) < 4.78 is 25.1. The minimum Gasteiger partial charge on any atom is -0.204 e. The van der Waals surface area contributed by atoms with Crippen LogP contribution >= 0.6 is 0 Å². The lowest BCUT2D eigenvalue weighted by molar-refractivity contribution is 0.506. The van der Waals surface area contributed by atoms with Crippen molar-refractivity contribution in [2.45, 2.75) is 0 Å². The first-order valence-electron chi connectivity index (χ1n) is 2.91. The highest BCUT2D eigenvalue weighted by molar-refractivity contribution is 5.45. The Kier molecular flexibility index (Phi) is 2.10. The van der Waals surface area contributed by atoms with Crippen LogP contribution in [0.1, 0.15) is 5.56 Å². The Labute approximate surface area is 66.2 Å². The van der Waals surface area contributed by atoms with Gasteiger partial charge in [0.2, 0.25) is 0 Å². The van der Waals surface area contributed by atoms with Gasteiger partial charge in [-0.1, -0.05) is 0 Å². The Morgan fingerprint density at radius 3 is 2.58 bits per heavy atom. The Balaban J connectivity index is 3.41. The second kappa shape index (κ2) is 3.05. The number of halogens is 2. The largest absolute Gasteiger partial charge is 0.204 e. The van der Waals surface area contributed by atoms with Crippen LogP contribution < -0.4 is 0 Å². The van der Waals surface area contributed by atoms with Gasteiger partial charge in [-0.15, -0.1) is 4.91 Å². The van der Waals surface area contributed by atoms with Crippen molar-refractivity contribution in [2.24, 2.45) is 5.18 Å².